The first-order chi connectivity index (χ1) is 9.18. The second-order valence-electron chi connectivity index (χ2n) is 3.66. The molecule has 0 bridgehead atoms. The van der Waals surface area contributed by atoms with E-state index in [2.05, 4.69) is 15.5 Å². The highest BCUT2D eigenvalue weighted by Crippen LogP contribution is 2.26. The van der Waals surface area contributed by atoms with Crippen molar-refractivity contribution >= 4 is 12.1 Å². The van der Waals surface area contributed by atoms with Crippen molar-refractivity contribution in [3.8, 4) is 11.5 Å². The van der Waals surface area contributed by atoms with Gasteiger partial charge in [0.15, 0.2) is 11.5 Å². The molecule has 0 unspecified atom stereocenters. The molecule has 96 valence electrons. The monoisotopic (exact) mass is 257 g/mol. The maximum absolute atomic E-state index is 11.6. The van der Waals surface area contributed by atoms with Crippen molar-refractivity contribution in [3.63, 3.8) is 0 Å². The number of phenols is 2. The molecule has 2 aromatic rings. The van der Waals surface area contributed by atoms with Crippen LogP contribution in [0, 0.1) is 0 Å². The number of carbonyl (C=O) groups is 1. The van der Waals surface area contributed by atoms with Crippen LogP contribution in [-0.4, -0.2) is 27.3 Å². The number of pyridine rings is 1. The second-order valence-corrected chi connectivity index (χ2v) is 3.66. The van der Waals surface area contributed by atoms with E-state index in [9.17, 15) is 15.0 Å². The van der Waals surface area contributed by atoms with Gasteiger partial charge in [0.2, 0.25) is 0 Å². The van der Waals surface area contributed by atoms with Crippen molar-refractivity contribution in [1.29, 1.82) is 0 Å². The summed E-state index contributed by atoms with van der Waals surface area (Å²) in [7, 11) is 0. The van der Waals surface area contributed by atoms with E-state index in [1.54, 1.807) is 30.5 Å². The molecule has 0 fully saturated rings. The number of amides is 1. The summed E-state index contributed by atoms with van der Waals surface area (Å²) in [6.45, 7) is 0. The van der Waals surface area contributed by atoms with Crippen molar-refractivity contribution < 1.29 is 15.0 Å². The van der Waals surface area contributed by atoms with Crippen LogP contribution in [0.5, 0.6) is 11.5 Å². The maximum Gasteiger partial charge on any atom is 0.272 e. The third-order valence-electron chi connectivity index (χ3n) is 2.34. The zero-order valence-corrected chi connectivity index (χ0v) is 9.82. The van der Waals surface area contributed by atoms with Gasteiger partial charge in [-0.25, -0.2) is 5.43 Å². The van der Waals surface area contributed by atoms with Gasteiger partial charge in [-0.3, -0.25) is 9.78 Å². The number of para-hydroxylation sites is 1. The Balaban J connectivity index is 2.05. The molecule has 1 heterocycles. The number of aromatic nitrogens is 1. The number of rotatable bonds is 3. The van der Waals surface area contributed by atoms with Crippen molar-refractivity contribution in [2.24, 2.45) is 5.10 Å². The highest BCUT2D eigenvalue weighted by Gasteiger charge is 2.04. The highest BCUT2D eigenvalue weighted by molar-refractivity contribution is 5.94. The summed E-state index contributed by atoms with van der Waals surface area (Å²) < 4.78 is 0. The Kier molecular flexibility index (Phi) is 3.72. The minimum absolute atomic E-state index is 0.248. The molecule has 0 spiro atoms. The van der Waals surface area contributed by atoms with Gasteiger partial charge >= 0.3 is 0 Å². The van der Waals surface area contributed by atoms with Gasteiger partial charge in [-0.15, -0.1) is 0 Å². The average molecular weight is 257 g/mol. The standard InChI is InChI=1S/C13H11N3O3/c17-11-5-1-3-9(12(11)18)8-15-16-13(19)10-4-2-6-14-7-10/h1-8,17-18H,(H,16,19)/b15-8+. The number of hydrogen-bond acceptors (Lipinski definition) is 5. The number of nitrogens with one attached hydrogen (secondary N) is 1. The van der Waals surface area contributed by atoms with Gasteiger partial charge in [0.1, 0.15) is 0 Å². The topological polar surface area (TPSA) is 94.8 Å². The summed E-state index contributed by atoms with van der Waals surface area (Å²) in [5.41, 5.74) is 2.96. The molecule has 6 heteroatoms. The summed E-state index contributed by atoms with van der Waals surface area (Å²) in [5.74, 6) is -0.951. The number of carbonyl (C=O) groups excluding carboxylic acids is 1. The minimum Gasteiger partial charge on any atom is -0.504 e. The minimum atomic E-state index is -0.413. The third-order valence-corrected chi connectivity index (χ3v) is 2.34. The number of hydrazone groups is 1. The number of benzene rings is 1. The Bertz CT molecular complexity index is 612. The molecule has 0 radical (unpaired) electrons. The molecule has 6 nitrogen and oxygen atoms in total. The second kappa shape index (κ2) is 5.63. The molecule has 19 heavy (non-hydrogen) atoms. The van der Waals surface area contributed by atoms with Gasteiger partial charge in [-0.2, -0.15) is 5.10 Å². The molecule has 0 aliphatic carbocycles. The Hall–Kier alpha value is -2.89. The van der Waals surface area contributed by atoms with Crippen LogP contribution in [0.15, 0.2) is 47.8 Å². The van der Waals surface area contributed by atoms with Crippen molar-refractivity contribution in [2.75, 3.05) is 0 Å². The van der Waals surface area contributed by atoms with Crippen LogP contribution in [0.25, 0.3) is 0 Å². The van der Waals surface area contributed by atoms with Gasteiger partial charge in [0.05, 0.1) is 11.8 Å². The normalized spacial score (nSPS) is 10.5. The lowest BCUT2D eigenvalue weighted by Crippen LogP contribution is -2.17. The van der Waals surface area contributed by atoms with Crippen LogP contribution < -0.4 is 5.43 Å². The fourth-order valence-electron chi connectivity index (χ4n) is 1.37. The van der Waals surface area contributed by atoms with Crippen LogP contribution >= 0.6 is 0 Å². The van der Waals surface area contributed by atoms with Gasteiger partial charge < -0.3 is 10.2 Å². The first-order valence-corrected chi connectivity index (χ1v) is 5.43. The van der Waals surface area contributed by atoms with E-state index >= 15 is 0 Å². The van der Waals surface area contributed by atoms with Gasteiger partial charge in [0, 0.05) is 18.0 Å². The lowest BCUT2D eigenvalue weighted by molar-refractivity contribution is 0.0954. The predicted octanol–water partition coefficient (Wildman–Crippen LogP) is 1.26. The lowest BCUT2D eigenvalue weighted by atomic mass is 10.2. The van der Waals surface area contributed by atoms with Crippen LogP contribution in [0.2, 0.25) is 0 Å². The van der Waals surface area contributed by atoms with Gasteiger partial charge in [-0.05, 0) is 24.3 Å². The van der Waals surface area contributed by atoms with E-state index < -0.39 is 5.91 Å². The van der Waals surface area contributed by atoms with E-state index in [1.807, 2.05) is 0 Å². The molecule has 2 rings (SSSR count). The first-order valence-electron chi connectivity index (χ1n) is 5.43. The molecule has 0 saturated carbocycles. The summed E-state index contributed by atoms with van der Waals surface area (Å²) in [4.78, 5) is 15.4. The molecular weight excluding hydrogens is 246 g/mol. The molecule has 1 amide bonds. The van der Waals surface area contributed by atoms with E-state index in [1.165, 1.54) is 18.5 Å². The third kappa shape index (κ3) is 3.06. The number of aromatic hydroxyl groups is 2. The Morgan fingerprint density at radius 3 is 2.84 bits per heavy atom. The Morgan fingerprint density at radius 1 is 1.26 bits per heavy atom. The SMILES string of the molecule is O=C(N/N=C/c1cccc(O)c1O)c1cccnc1. The molecule has 0 aliphatic heterocycles. The molecule has 0 atom stereocenters. The van der Waals surface area contributed by atoms with Crippen LogP contribution in [0.1, 0.15) is 15.9 Å². The Labute approximate surface area is 109 Å². The van der Waals surface area contributed by atoms with E-state index in [0.717, 1.165) is 0 Å². The van der Waals surface area contributed by atoms with Crippen molar-refractivity contribution in [1.82, 2.24) is 10.4 Å². The fourth-order valence-corrected chi connectivity index (χ4v) is 1.37. The maximum atomic E-state index is 11.6. The van der Waals surface area contributed by atoms with Crippen LogP contribution in [-0.2, 0) is 0 Å². The van der Waals surface area contributed by atoms with E-state index in [0.29, 0.717) is 11.1 Å². The van der Waals surface area contributed by atoms with E-state index in [4.69, 9.17) is 0 Å². The highest BCUT2D eigenvalue weighted by atomic mass is 16.3. The lowest BCUT2D eigenvalue weighted by Gasteiger charge is -2.01. The average Bonchev–Trinajstić information content (AvgIpc) is 2.44. The van der Waals surface area contributed by atoms with Gasteiger partial charge in [0.25, 0.3) is 5.91 Å². The summed E-state index contributed by atoms with van der Waals surface area (Å²) in [6, 6.07) is 7.69. The van der Waals surface area contributed by atoms with Crippen molar-refractivity contribution in [3.05, 3.63) is 53.9 Å². The molecule has 1 aromatic heterocycles. The predicted molar refractivity (Wildman–Crippen MR) is 69.1 cm³/mol. The van der Waals surface area contributed by atoms with E-state index in [-0.39, 0.29) is 11.5 Å². The quantitative estimate of drug-likeness (QED) is 0.438. The summed E-state index contributed by atoms with van der Waals surface area (Å²) in [6.07, 6.45) is 4.21. The molecule has 0 saturated heterocycles. The van der Waals surface area contributed by atoms with Crippen LogP contribution in [0.4, 0.5) is 0 Å². The van der Waals surface area contributed by atoms with Crippen LogP contribution in [0.3, 0.4) is 0 Å². The Morgan fingerprint density at radius 2 is 2.11 bits per heavy atom. The van der Waals surface area contributed by atoms with Gasteiger partial charge in [-0.1, -0.05) is 6.07 Å². The summed E-state index contributed by atoms with van der Waals surface area (Å²) in [5, 5.41) is 22.5. The zero-order valence-electron chi connectivity index (χ0n) is 9.82. The summed E-state index contributed by atoms with van der Waals surface area (Å²) >= 11 is 0. The molecular formula is C13H11N3O3. The fraction of sp³-hybridized carbons (Fsp3) is 0. The molecule has 3 N–H and O–H groups in total. The number of nitrogens with zero attached hydrogens (tertiary/aromatic N) is 2. The molecule has 1 aromatic carbocycles. The first kappa shape index (κ1) is 12.6. The smallest absolute Gasteiger partial charge is 0.272 e. The molecule has 0 aliphatic rings. The largest absolute Gasteiger partial charge is 0.504 e. The zero-order chi connectivity index (χ0) is 13.7. The number of hydrogen-bond donors (Lipinski definition) is 3. The van der Waals surface area contributed by atoms with Crippen molar-refractivity contribution in [2.45, 2.75) is 0 Å². The number of phenolic OH excluding ortho intramolecular Hbond substituents is 2.